The molecule has 0 unspecified atom stereocenters. The number of hydrogen-bond donors (Lipinski definition) is 1. The molecule has 1 aliphatic rings. The molecule has 0 radical (unpaired) electrons. The SMILES string of the molecule is COc1ccc(C(=O)NCc2ccc3c(c2)OCO3)cc1COCc1ccccc1. The summed E-state index contributed by atoms with van der Waals surface area (Å²) in [5.74, 6) is 1.94. The van der Waals surface area contributed by atoms with E-state index >= 15 is 0 Å². The fourth-order valence-corrected chi connectivity index (χ4v) is 3.22. The molecule has 30 heavy (non-hydrogen) atoms. The maximum atomic E-state index is 12.7. The van der Waals surface area contributed by atoms with Crippen molar-refractivity contribution in [2.75, 3.05) is 13.9 Å². The largest absolute Gasteiger partial charge is 0.496 e. The van der Waals surface area contributed by atoms with Crippen molar-refractivity contribution in [1.29, 1.82) is 0 Å². The van der Waals surface area contributed by atoms with Crippen LogP contribution in [0.25, 0.3) is 0 Å². The molecule has 1 N–H and O–H groups in total. The van der Waals surface area contributed by atoms with Gasteiger partial charge < -0.3 is 24.3 Å². The number of benzene rings is 3. The molecule has 0 saturated heterocycles. The van der Waals surface area contributed by atoms with Gasteiger partial charge in [0.15, 0.2) is 11.5 Å². The molecule has 1 heterocycles. The molecule has 0 fully saturated rings. The highest BCUT2D eigenvalue weighted by Gasteiger charge is 2.14. The summed E-state index contributed by atoms with van der Waals surface area (Å²) in [5, 5.41) is 2.94. The van der Waals surface area contributed by atoms with E-state index in [0.717, 1.165) is 22.4 Å². The van der Waals surface area contributed by atoms with Gasteiger partial charge in [-0.3, -0.25) is 4.79 Å². The van der Waals surface area contributed by atoms with Crippen LogP contribution in [0.3, 0.4) is 0 Å². The molecule has 0 saturated carbocycles. The summed E-state index contributed by atoms with van der Waals surface area (Å²) in [6.45, 7) is 1.46. The zero-order valence-electron chi connectivity index (χ0n) is 16.7. The van der Waals surface area contributed by atoms with E-state index in [4.69, 9.17) is 18.9 Å². The maximum absolute atomic E-state index is 12.7. The highest BCUT2D eigenvalue weighted by atomic mass is 16.7. The Labute approximate surface area is 175 Å². The van der Waals surface area contributed by atoms with Gasteiger partial charge in [0.05, 0.1) is 20.3 Å². The van der Waals surface area contributed by atoms with Gasteiger partial charge in [-0.2, -0.15) is 0 Å². The standard InChI is InChI=1S/C24H23NO5/c1-27-21-10-8-19(12-20(21)15-28-14-17-5-3-2-4-6-17)24(26)25-13-18-7-9-22-23(11-18)30-16-29-22/h2-12H,13-16H2,1H3,(H,25,26). The van der Waals surface area contributed by atoms with Gasteiger partial charge in [-0.1, -0.05) is 36.4 Å². The lowest BCUT2D eigenvalue weighted by Crippen LogP contribution is -2.23. The van der Waals surface area contributed by atoms with Crippen molar-refractivity contribution < 1.29 is 23.7 Å². The van der Waals surface area contributed by atoms with E-state index < -0.39 is 0 Å². The van der Waals surface area contributed by atoms with Crippen molar-refractivity contribution in [2.45, 2.75) is 19.8 Å². The monoisotopic (exact) mass is 405 g/mol. The van der Waals surface area contributed by atoms with Crippen LogP contribution >= 0.6 is 0 Å². The molecule has 0 atom stereocenters. The van der Waals surface area contributed by atoms with E-state index in [9.17, 15) is 4.79 Å². The van der Waals surface area contributed by atoms with Gasteiger partial charge in [-0.25, -0.2) is 0 Å². The number of ether oxygens (including phenoxy) is 4. The minimum atomic E-state index is -0.167. The first-order valence-electron chi connectivity index (χ1n) is 9.68. The third kappa shape index (κ3) is 4.72. The average molecular weight is 405 g/mol. The number of carbonyl (C=O) groups excluding carboxylic acids is 1. The minimum absolute atomic E-state index is 0.167. The van der Waals surface area contributed by atoms with E-state index in [-0.39, 0.29) is 12.7 Å². The van der Waals surface area contributed by atoms with Crippen molar-refractivity contribution in [3.63, 3.8) is 0 Å². The van der Waals surface area contributed by atoms with Crippen LogP contribution in [0.2, 0.25) is 0 Å². The number of amides is 1. The second kappa shape index (κ2) is 9.33. The highest BCUT2D eigenvalue weighted by Crippen LogP contribution is 2.32. The molecule has 0 bridgehead atoms. The summed E-state index contributed by atoms with van der Waals surface area (Å²) >= 11 is 0. The Kier molecular flexibility index (Phi) is 6.15. The first kappa shape index (κ1) is 19.8. The van der Waals surface area contributed by atoms with Gasteiger partial charge in [-0.15, -0.1) is 0 Å². The fourth-order valence-electron chi connectivity index (χ4n) is 3.22. The minimum Gasteiger partial charge on any atom is -0.496 e. The summed E-state index contributed by atoms with van der Waals surface area (Å²) in [5.41, 5.74) is 3.40. The Bertz CT molecular complexity index is 1020. The van der Waals surface area contributed by atoms with Crippen LogP contribution in [0.1, 0.15) is 27.0 Å². The summed E-state index contributed by atoms with van der Waals surface area (Å²) in [7, 11) is 1.61. The second-order valence-corrected chi connectivity index (χ2v) is 6.88. The topological polar surface area (TPSA) is 66.0 Å². The van der Waals surface area contributed by atoms with Crippen molar-refractivity contribution in [3.8, 4) is 17.2 Å². The lowest BCUT2D eigenvalue weighted by molar-refractivity contribution is 0.0948. The first-order valence-corrected chi connectivity index (χ1v) is 9.68. The van der Waals surface area contributed by atoms with Crippen LogP contribution in [0.5, 0.6) is 17.2 Å². The molecule has 1 amide bonds. The van der Waals surface area contributed by atoms with Crippen molar-refractivity contribution in [2.24, 2.45) is 0 Å². The van der Waals surface area contributed by atoms with Crippen LogP contribution in [0.15, 0.2) is 66.7 Å². The lowest BCUT2D eigenvalue weighted by Gasteiger charge is -2.12. The number of fused-ring (bicyclic) bond motifs is 1. The molecule has 1 aliphatic heterocycles. The van der Waals surface area contributed by atoms with Gasteiger partial charge in [0.2, 0.25) is 6.79 Å². The van der Waals surface area contributed by atoms with Gasteiger partial charge in [0.1, 0.15) is 5.75 Å². The molecule has 6 heteroatoms. The predicted octanol–water partition coefficient (Wildman–Crippen LogP) is 4.07. The molecule has 3 aromatic rings. The van der Waals surface area contributed by atoms with Crippen LogP contribution in [-0.4, -0.2) is 19.8 Å². The quantitative estimate of drug-likeness (QED) is 0.612. The zero-order chi connectivity index (χ0) is 20.8. The molecule has 0 spiro atoms. The molecular weight excluding hydrogens is 382 g/mol. The number of hydrogen-bond acceptors (Lipinski definition) is 5. The molecule has 3 aromatic carbocycles. The van der Waals surface area contributed by atoms with Crippen molar-refractivity contribution in [3.05, 3.63) is 89.0 Å². The summed E-state index contributed by atoms with van der Waals surface area (Å²) in [6.07, 6.45) is 0. The second-order valence-electron chi connectivity index (χ2n) is 6.88. The molecular formula is C24H23NO5. The van der Waals surface area contributed by atoms with Gasteiger partial charge >= 0.3 is 0 Å². The van der Waals surface area contributed by atoms with Gasteiger partial charge in [0.25, 0.3) is 5.91 Å². The van der Waals surface area contributed by atoms with Crippen LogP contribution in [-0.2, 0) is 24.5 Å². The fraction of sp³-hybridized carbons (Fsp3) is 0.208. The normalized spacial score (nSPS) is 11.9. The number of carbonyl (C=O) groups is 1. The number of rotatable bonds is 8. The molecule has 0 aromatic heterocycles. The smallest absolute Gasteiger partial charge is 0.251 e. The number of methoxy groups -OCH3 is 1. The Morgan fingerprint density at radius 3 is 2.60 bits per heavy atom. The maximum Gasteiger partial charge on any atom is 0.251 e. The molecule has 154 valence electrons. The van der Waals surface area contributed by atoms with Crippen LogP contribution < -0.4 is 19.5 Å². The van der Waals surface area contributed by atoms with Crippen molar-refractivity contribution >= 4 is 5.91 Å². The summed E-state index contributed by atoms with van der Waals surface area (Å²) < 4.78 is 21.9. The highest BCUT2D eigenvalue weighted by molar-refractivity contribution is 5.94. The molecule has 6 nitrogen and oxygen atoms in total. The average Bonchev–Trinajstić information content (AvgIpc) is 3.26. The zero-order valence-corrected chi connectivity index (χ0v) is 16.7. The van der Waals surface area contributed by atoms with Gasteiger partial charge in [0, 0.05) is 17.7 Å². The number of nitrogens with one attached hydrogen (secondary N) is 1. The van der Waals surface area contributed by atoms with Crippen LogP contribution in [0.4, 0.5) is 0 Å². The first-order chi connectivity index (χ1) is 14.7. The van der Waals surface area contributed by atoms with E-state index in [1.807, 2.05) is 48.5 Å². The Morgan fingerprint density at radius 1 is 0.933 bits per heavy atom. The third-order valence-electron chi connectivity index (χ3n) is 4.80. The Hall–Kier alpha value is -3.51. The van der Waals surface area contributed by atoms with Crippen molar-refractivity contribution in [1.82, 2.24) is 5.32 Å². The predicted molar refractivity (Wildman–Crippen MR) is 112 cm³/mol. The third-order valence-corrected chi connectivity index (χ3v) is 4.80. The van der Waals surface area contributed by atoms with E-state index in [1.54, 1.807) is 25.3 Å². The molecule has 0 aliphatic carbocycles. The van der Waals surface area contributed by atoms with Gasteiger partial charge in [-0.05, 0) is 41.5 Å². The Morgan fingerprint density at radius 2 is 1.77 bits per heavy atom. The van der Waals surface area contributed by atoms with E-state index in [2.05, 4.69) is 5.32 Å². The lowest BCUT2D eigenvalue weighted by atomic mass is 10.1. The van der Waals surface area contributed by atoms with E-state index in [1.165, 1.54) is 0 Å². The van der Waals surface area contributed by atoms with Crippen LogP contribution in [0, 0.1) is 0 Å². The summed E-state index contributed by atoms with van der Waals surface area (Å²) in [4.78, 5) is 12.7. The summed E-state index contributed by atoms with van der Waals surface area (Å²) in [6, 6.07) is 20.9. The molecule has 4 rings (SSSR count). The van der Waals surface area contributed by atoms with E-state index in [0.29, 0.717) is 36.8 Å². The Balaban J connectivity index is 1.38.